The molecule has 64 heavy (non-hydrogen) atoms. The Morgan fingerprint density at radius 1 is 0.781 bits per heavy atom. The Morgan fingerprint density at radius 2 is 1.36 bits per heavy atom. The molecular weight excluding hydrogens is 842 g/mol. The molecule has 0 spiro atoms. The van der Waals surface area contributed by atoms with Gasteiger partial charge in [-0.05, 0) is 167 Å². The standard InChI is InChI=1S/C55H77Cl2NO6/c1-34(2)46-40(59)29-55(43(60)33-58(31-35-13-17-37(56)18-14-35)32-36-15-19-38(57)20-16-36)28-27-53(11)39(47(46)55)21-22-42-52(10)25-24-44(51(8,9)41(52)23-26-54(42,53)12)63-45(61)30-50(6,7)48(62)64-49(3,4)5/h13-20,34,39,41-44,60H,21-33H2,1-12H3/t39?,41?,42-,43+,44+,52?,53-,54-,55+/m1/s1. The van der Waals surface area contributed by atoms with Crippen LogP contribution in [-0.4, -0.2) is 52.1 Å². The van der Waals surface area contributed by atoms with Gasteiger partial charge in [0.25, 0.3) is 0 Å². The van der Waals surface area contributed by atoms with E-state index in [1.165, 1.54) is 5.57 Å². The highest BCUT2D eigenvalue weighted by Gasteiger charge is 2.71. The summed E-state index contributed by atoms with van der Waals surface area (Å²) in [4.78, 5) is 43.5. The highest BCUT2D eigenvalue weighted by atomic mass is 35.5. The third-order valence-corrected chi connectivity index (χ3v) is 18.4. The topological polar surface area (TPSA) is 93.1 Å². The molecule has 9 atom stereocenters. The molecule has 5 aliphatic carbocycles. The maximum atomic E-state index is 14.5. The molecule has 0 heterocycles. The number of benzene rings is 2. The Morgan fingerprint density at radius 3 is 1.91 bits per heavy atom. The van der Waals surface area contributed by atoms with E-state index in [1.807, 2.05) is 45.0 Å². The Hall–Kier alpha value is -2.71. The summed E-state index contributed by atoms with van der Waals surface area (Å²) >= 11 is 12.6. The number of allylic oxidation sites excluding steroid dienone is 1. The van der Waals surface area contributed by atoms with Gasteiger partial charge in [-0.2, -0.15) is 0 Å². The number of esters is 2. The number of hydrogen-bond acceptors (Lipinski definition) is 7. The first kappa shape index (κ1) is 49.2. The number of aliphatic hydroxyl groups excluding tert-OH is 1. The molecule has 352 valence electrons. The molecule has 5 aliphatic rings. The summed E-state index contributed by atoms with van der Waals surface area (Å²) < 4.78 is 12.0. The smallest absolute Gasteiger partial charge is 0.312 e. The molecule has 7 rings (SSSR count). The van der Waals surface area contributed by atoms with Crippen molar-refractivity contribution < 1.29 is 29.0 Å². The van der Waals surface area contributed by atoms with E-state index in [-0.39, 0.29) is 63.7 Å². The van der Waals surface area contributed by atoms with Gasteiger partial charge in [0.15, 0.2) is 5.78 Å². The van der Waals surface area contributed by atoms with E-state index in [0.717, 1.165) is 68.1 Å². The summed E-state index contributed by atoms with van der Waals surface area (Å²) in [5.41, 5.74) is 2.03. The number of fused-ring (bicyclic) bond motifs is 7. The van der Waals surface area contributed by atoms with Crippen LogP contribution in [0, 0.1) is 56.2 Å². The molecule has 9 heteroatoms. The minimum absolute atomic E-state index is 0.0191. The van der Waals surface area contributed by atoms with E-state index in [1.54, 1.807) is 13.8 Å². The van der Waals surface area contributed by atoms with E-state index >= 15 is 0 Å². The number of carbonyl (C=O) groups is 3. The molecule has 0 amide bonds. The van der Waals surface area contributed by atoms with E-state index in [9.17, 15) is 19.5 Å². The van der Waals surface area contributed by atoms with Gasteiger partial charge in [0.2, 0.25) is 0 Å². The lowest BCUT2D eigenvalue weighted by Crippen LogP contribution is -2.66. The maximum Gasteiger partial charge on any atom is 0.312 e. The number of nitrogens with zero attached hydrogens (tertiary/aromatic N) is 1. The minimum atomic E-state index is -0.991. The van der Waals surface area contributed by atoms with Gasteiger partial charge in [0, 0.05) is 46.9 Å². The van der Waals surface area contributed by atoms with Crippen LogP contribution < -0.4 is 0 Å². The molecule has 7 nitrogen and oxygen atoms in total. The number of halogens is 2. The minimum Gasteiger partial charge on any atom is -0.462 e. The lowest BCUT2D eigenvalue weighted by molar-refractivity contribution is -0.235. The van der Waals surface area contributed by atoms with Crippen LogP contribution in [-0.2, 0) is 36.9 Å². The predicted molar refractivity (Wildman–Crippen MR) is 257 cm³/mol. The molecule has 2 aromatic carbocycles. The molecule has 4 saturated carbocycles. The summed E-state index contributed by atoms with van der Waals surface area (Å²) in [6, 6.07) is 15.9. The summed E-state index contributed by atoms with van der Waals surface area (Å²) in [6.07, 6.45) is 7.13. The Kier molecular flexibility index (Phi) is 13.4. The molecule has 0 aromatic heterocycles. The zero-order valence-electron chi connectivity index (χ0n) is 41.0. The van der Waals surface area contributed by atoms with Gasteiger partial charge in [-0.3, -0.25) is 19.3 Å². The van der Waals surface area contributed by atoms with Crippen molar-refractivity contribution in [3.05, 3.63) is 80.8 Å². The molecule has 0 aliphatic heterocycles. The van der Waals surface area contributed by atoms with Crippen LogP contribution in [0.1, 0.15) is 158 Å². The fourth-order valence-electron chi connectivity index (χ4n) is 14.6. The fourth-order valence-corrected chi connectivity index (χ4v) is 14.9. The van der Waals surface area contributed by atoms with Crippen molar-refractivity contribution in [1.82, 2.24) is 4.90 Å². The Bertz CT molecular complexity index is 2070. The van der Waals surface area contributed by atoms with E-state index in [2.05, 4.69) is 77.6 Å². The third kappa shape index (κ3) is 8.80. The highest BCUT2D eigenvalue weighted by molar-refractivity contribution is 6.30. The Labute approximate surface area is 394 Å². The second-order valence-electron chi connectivity index (χ2n) is 24.2. The first-order valence-electron chi connectivity index (χ1n) is 24.3. The van der Waals surface area contributed by atoms with Gasteiger partial charge in [-0.15, -0.1) is 0 Å². The summed E-state index contributed by atoms with van der Waals surface area (Å²) in [6.45, 7) is 27.4. The summed E-state index contributed by atoms with van der Waals surface area (Å²) in [7, 11) is 0. The maximum absolute atomic E-state index is 14.5. The number of ketones is 1. The van der Waals surface area contributed by atoms with Crippen LogP contribution in [0.5, 0.6) is 0 Å². The lowest BCUT2D eigenvalue weighted by atomic mass is 9.33. The van der Waals surface area contributed by atoms with Gasteiger partial charge in [-0.1, -0.05) is 102 Å². The van der Waals surface area contributed by atoms with Crippen LogP contribution in [0.2, 0.25) is 10.0 Å². The second kappa shape index (κ2) is 17.4. The fraction of sp³-hybridized carbons (Fsp3) is 0.691. The average Bonchev–Trinajstić information content (AvgIpc) is 3.50. The van der Waals surface area contributed by atoms with Crippen LogP contribution in [0.25, 0.3) is 0 Å². The first-order valence-corrected chi connectivity index (χ1v) is 25.0. The van der Waals surface area contributed by atoms with Crippen molar-refractivity contribution >= 4 is 40.9 Å². The van der Waals surface area contributed by atoms with Crippen molar-refractivity contribution in [3.8, 4) is 0 Å². The largest absolute Gasteiger partial charge is 0.462 e. The highest BCUT2D eigenvalue weighted by Crippen LogP contribution is 2.77. The van der Waals surface area contributed by atoms with Crippen molar-refractivity contribution in [2.45, 2.75) is 178 Å². The number of ether oxygens (including phenoxy) is 2. The molecule has 0 saturated heterocycles. The van der Waals surface area contributed by atoms with Crippen LogP contribution in [0.4, 0.5) is 0 Å². The molecule has 3 unspecified atom stereocenters. The quantitative estimate of drug-likeness (QED) is 0.212. The predicted octanol–water partition coefficient (Wildman–Crippen LogP) is 13.0. The van der Waals surface area contributed by atoms with Crippen LogP contribution in [0.3, 0.4) is 0 Å². The molecule has 2 aromatic rings. The summed E-state index contributed by atoms with van der Waals surface area (Å²) in [5.74, 6) is 0.611. The van der Waals surface area contributed by atoms with Crippen LogP contribution in [0.15, 0.2) is 59.7 Å². The van der Waals surface area contributed by atoms with Crippen molar-refractivity contribution in [2.75, 3.05) is 6.54 Å². The molecular formula is C55H77Cl2NO6. The number of aliphatic hydroxyl groups is 1. The van der Waals surface area contributed by atoms with Gasteiger partial charge in [-0.25, -0.2) is 0 Å². The first-order chi connectivity index (χ1) is 29.7. The number of carbonyl (C=O) groups excluding carboxylic acids is 3. The lowest BCUT2D eigenvalue weighted by Gasteiger charge is -2.72. The Balaban J connectivity index is 1.14. The average molecular weight is 919 g/mol. The molecule has 0 bridgehead atoms. The van der Waals surface area contributed by atoms with Crippen molar-refractivity contribution in [3.63, 3.8) is 0 Å². The monoisotopic (exact) mass is 918 g/mol. The van der Waals surface area contributed by atoms with Gasteiger partial charge < -0.3 is 14.6 Å². The second-order valence-corrected chi connectivity index (χ2v) is 25.1. The van der Waals surface area contributed by atoms with Crippen LogP contribution >= 0.6 is 23.2 Å². The third-order valence-electron chi connectivity index (χ3n) is 17.9. The van der Waals surface area contributed by atoms with E-state index < -0.39 is 22.5 Å². The zero-order chi connectivity index (χ0) is 47.0. The van der Waals surface area contributed by atoms with E-state index in [0.29, 0.717) is 47.9 Å². The van der Waals surface area contributed by atoms with Gasteiger partial charge in [0.1, 0.15) is 11.7 Å². The molecule has 4 fully saturated rings. The number of hydrogen-bond donors (Lipinski definition) is 1. The van der Waals surface area contributed by atoms with Gasteiger partial charge >= 0.3 is 11.9 Å². The molecule has 1 N–H and O–H groups in total. The summed E-state index contributed by atoms with van der Waals surface area (Å²) in [5, 5.41) is 14.3. The zero-order valence-corrected chi connectivity index (χ0v) is 42.5. The normalized spacial score (nSPS) is 33.0. The van der Waals surface area contributed by atoms with E-state index in [4.69, 9.17) is 32.7 Å². The SMILES string of the molecule is CC(C)C1=C2C3CC[C@@H]4C5(C)CC[C@H](OC(=O)CC(C)(C)C(=O)OC(C)(C)C)C(C)(C)C5CC[C@@]4(C)[C@]3(C)CC[C@@]2([C@@H](O)CN(Cc2ccc(Cl)cc2)Cc2ccc(Cl)cc2)CC1=O. The van der Waals surface area contributed by atoms with Gasteiger partial charge in [0.05, 0.1) is 17.9 Å². The number of rotatable bonds is 12. The van der Waals surface area contributed by atoms with Crippen molar-refractivity contribution in [2.24, 2.45) is 56.2 Å². The number of Topliss-reactive ketones (excluding diaryl/α,β-unsaturated/α-hetero) is 1. The molecule has 0 radical (unpaired) electrons. The van der Waals surface area contributed by atoms with Crippen molar-refractivity contribution in [1.29, 1.82) is 0 Å².